The van der Waals surface area contributed by atoms with Gasteiger partial charge in [-0.3, -0.25) is 13.8 Å². The number of carbonyl (C=O) groups excluding carboxylic acids is 1. The summed E-state index contributed by atoms with van der Waals surface area (Å²) in [5.41, 5.74) is 4.16. The van der Waals surface area contributed by atoms with E-state index in [1.54, 1.807) is 7.05 Å². The van der Waals surface area contributed by atoms with Gasteiger partial charge < -0.3 is 24.1 Å². The van der Waals surface area contributed by atoms with E-state index in [1.807, 2.05) is 30.3 Å². The molecule has 1 amide bonds. The monoisotopic (exact) mass is 570 g/mol. The zero-order valence-electron chi connectivity index (χ0n) is 23.1. The van der Waals surface area contributed by atoms with E-state index in [9.17, 15) is 23.5 Å². The smallest absolute Gasteiger partial charge is 0.308 e. The van der Waals surface area contributed by atoms with Gasteiger partial charge in [0.1, 0.15) is 5.76 Å². The summed E-state index contributed by atoms with van der Waals surface area (Å²) < 4.78 is 36.7. The number of carboxylic acid groups (broad SMARTS) is 1. The Hall–Kier alpha value is -3.12. The lowest BCUT2D eigenvalue weighted by molar-refractivity contribution is -0.143. The number of unbranched alkanes of at least 4 members (excludes halogenated alkanes) is 1. The highest BCUT2D eigenvalue weighted by Crippen LogP contribution is 2.44. The summed E-state index contributed by atoms with van der Waals surface area (Å²) in [7, 11) is 3.03. The SMILES string of the molecule is CCc1ccc(-c2oc3nc(CN(CCCCC(COC)C(=O)O)S(=O)[O-])c(C4CC4)cc3c2C(=O)NC)cc1. The molecule has 2 N–H and O–H groups in total. The molecule has 216 valence electrons. The van der Waals surface area contributed by atoms with Crippen molar-refractivity contribution in [3.05, 3.63) is 52.7 Å². The van der Waals surface area contributed by atoms with Crippen LogP contribution in [0.2, 0.25) is 0 Å². The van der Waals surface area contributed by atoms with Crippen molar-refractivity contribution < 1.29 is 32.6 Å². The summed E-state index contributed by atoms with van der Waals surface area (Å²) >= 11 is -2.50. The number of rotatable bonds is 15. The van der Waals surface area contributed by atoms with Crippen LogP contribution in [-0.2, 0) is 33.8 Å². The zero-order valence-corrected chi connectivity index (χ0v) is 23.9. The van der Waals surface area contributed by atoms with Gasteiger partial charge in [-0.2, -0.15) is 0 Å². The Morgan fingerprint density at radius 3 is 2.58 bits per heavy atom. The number of ether oxygens (including phenoxy) is 1. The molecule has 10 nitrogen and oxygen atoms in total. The molecule has 2 atom stereocenters. The second kappa shape index (κ2) is 13.5. The lowest BCUT2D eigenvalue weighted by Gasteiger charge is -2.25. The molecule has 11 heteroatoms. The molecule has 0 spiro atoms. The molecule has 1 aliphatic rings. The minimum absolute atomic E-state index is 0.0643. The van der Waals surface area contributed by atoms with Crippen LogP contribution in [-0.4, -0.2) is 62.3 Å². The molecule has 2 heterocycles. The largest absolute Gasteiger partial charge is 0.760 e. The zero-order chi connectivity index (χ0) is 28.8. The van der Waals surface area contributed by atoms with E-state index in [-0.39, 0.29) is 37.2 Å². The van der Waals surface area contributed by atoms with Crippen LogP contribution in [0.5, 0.6) is 0 Å². The molecule has 0 bridgehead atoms. The normalized spacial score (nSPS) is 14.9. The maximum Gasteiger partial charge on any atom is 0.308 e. The number of fused-ring (bicyclic) bond motifs is 1. The Morgan fingerprint density at radius 1 is 1.27 bits per heavy atom. The number of aromatic nitrogens is 1. The second-order valence-corrected chi connectivity index (χ2v) is 11.1. The van der Waals surface area contributed by atoms with E-state index in [1.165, 1.54) is 17.0 Å². The van der Waals surface area contributed by atoms with Gasteiger partial charge in [0.25, 0.3) is 5.91 Å². The van der Waals surface area contributed by atoms with Crippen molar-refractivity contribution in [3.63, 3.8) is 0 Å². The number of aryl methyl sites for hydroxylation is 1. The molecule has 40 heavy (non-hydrogen) atoms. The van der Waals surface area contributed by atoms with E-state index < -0.39 is 23.2 Å². The van der Waals surface area contributed by atoms with Crippen molar-refractivity contribution in [1.29, 1.82) is 0 Å². The van der Waals surface area contributed by atoms with Crippen LogP contribution >= 0.6 is 0 Å². The third-order valence-corrected chi connectivity index (χ3v) is 8.09. The fourth-order valence-electron chi connectivity index (χ4n) is 4.93. The van der Waals surface area contributed by atoms with Crippen molar-refractivity contribution in [2.75, 3.05) is 27.3 Å². The van der Waals surface area contributed by atoms with Gasteiger partial charge in [0.2, 0.25) is 5.71 Å². The van der Waals surface area contributed by atoms with E-state index in [2.05, 4.69) is 12.2 Å². The number of furan rings is 1. The third kappa shape index (κ3) is 6.95. The van der Waals surface area contributed by atoms with Crippen LogP contribution in [0, 0.1) is 5.92 Å². The number of carboxylic acids is 1. The number of benzene rings is 1. The summed E-state index contributed by atoms with van der Waals surface area (Å²) in [5.74, 6) is -1.15. The van der Waals surface area contributed by atoms with Crippen molar-refractivity contribution in [1.82, 2.24) is 14.6 Å². The van der Waals surface area contributed by atoms with E-state index in [4.69, 9.17) is 14.1 Å². The van der Waals surface area contributed by atoms with Gasteiger partial charge >= 0.3 is 5.97 Å². The first-order valence-corrected chi connectivity index (χ1v) is 14.6. The molecule has 0 radical (unpaired) electrons. The van der Waals surface area contributed by atoms with Gasteiger partial charge in [0.15, 0.2) is 0 Å². The molecule has 4 rings (SSSR count). The maximum atomic E-state index is 13.0. The second-order valence-electron chi connectivity index (χ2n) is 10.2. The standard InChI is InChI=1S/C29H37N3O7S/c1-4-18-8-10-20(11-9-18)26-25(27(33)30-2)23-15-22(19-12-13-19)24(31-28(23)39-26)16-32(40(36)37)14-6-5-7-21(17-38-3)29(34)35/h8-11,15,19,21H,4-7,12-14,16-17H2,1-3H3,(H,30,33)(H,34,35)(H,36,37)/p-1. The van der Waals surface area contributed by atoms with Crippen molar-refractivity contribution in [3.8, 4) is 11.3 Å². The molecular weight excluding hydrogens is 534 g/mol. The maximum absolute atomic E-state index is 13.0. The number of hydrogen-bond acceptors (Lipinski definition) is 7. The molecule has 3 aromatic rings. The Labute approximate surface area is 236 Å². The van der Waals surface area contributed by atoms with Crippen LogP contribution in [0.15, 0.2) is 34.7 Å². The topological polar surface area (TPSA) is 145 Å². The van der Waals surface area contributed by atoms with Crippen LogP contribution in [0.1, 0.15) is 72.1 Å². The number of carbonyl (C=O) groups is 2. The van der Waals surface area contributed by atoms with Crippen LogP contribution in [0.4, 0.5) is 0 Å². The van der Waals surface area contributed by atoms with Crippen LogP contribution in [0.25, 0.3) is 22.4 Å². The Morgan fingerprint density at radius 2 is 2.00 bits per heavy atom. The Bertz CT molecular complexity index is 1370. The fourth-order valence-corrected chi connectivity index (χ4v) is 5.43. The Kier molecular flexibility index (Phi) is 10.1. The van der Waals surface area contributed by atoms with E-state index >= 15 is 0 Å². The predicted octanol–water partition coefficient (Wildman–Crippen LogP) is 4.41. The summed E-state index contributed by atoms with van der Waals surface area (Å²) in [5, 5.41) is 12.6. The Balaban J connectivity index is 1.63. The van der Waals surface area contributed by atoms with E-state index in [0.717, 1.165) is 30.4 Å². The lowest BCUT2D eigenvalue weighted by Crippen LogP contribution is -2.28. The molecule has 2 unspecified atom stereocenters. The summed E-state index contributed by atoms with van der Waals surface area (Å²) in [4.78, 5) is 29.1. The average molecular weight is 571 g/mol. The summed E-state index contributed by atoms with van der Waals surface area (Å²) in [6.45, 7) is 2.49. The highest BCUT2D eigenvalue weighted by atomic mass is 32.2. The number of hydrogen-bond donors (Lipinski definition) is 2. The molecular formula is C29H36N3O7S-. The quantitative estimate of drug-likeness (QED) is 0.202. The van der Waals surface area contributed by atoms with Crippen LogP contribution in [0.3, 0.4) is 0 Å². The minimum atomic E-state index is -2.50. The average Bonchev–Trinajstić information content (AvgIpc) is 3.73. The van der Waals surface area contributed by atoms with Gasteiger partial charge in [-0.15, -0.1) is 0 Å². The number of methoxy groups -OCH3 is 1. The number of pyridine rings is 1. The molecule has 1 aliphatic carbocycles. The highest BCUT2D eigenvalue weighted by molar-refractivity contribution is 7.76. The fraction of sp³-hybridized carbons (Fsp3) is 0.483. The van der Waals surface area contributed by atoms with Crippen molar-refractivity contribution in [2.24, 2.45) is 5.92 Å². The number of amides is 1. The molecule has 1 saturated carbocycles. The van der Waals surface area contributed by atoms with Gasteiger partial charge in [-0.25, -0.2) is 9.29 Å². The van der Waals surface area contributed by atoms with Gasteiger partial charge in [0, 0.05) is 37.5 Å². The summed E-state index contributed by atoms with van der Waals surface area (Å²) in [6, 6.07) is 9.78. The number of nitrogens with zero attached hydrogens (tertiary/aromatic N) is 2. The molecule has 0 saturated heterocycles. The van der Waals surface area contributed by atoms with Gasteiger partial charge in [0.05, 0.1) is 35.7 Å². The third-order valence-electron chi connectivity index (χ3n) is 7.35. The number of nitrogens with one attached hydrogen (secondary N) is 1. The lowest BCUT2D eigenvalue weighted by atomic mass is 10.0. The van der Waals surface area contributed by atoms with Crippen molar-refractivity contribution in [2.45, 2.75) is 57.9 Å². The van der Waals surface area contributed by atoms with Gasteiger partial charge in [-0.1, -0.05) is 37.6 Å². The number of aliphatic carboxylic acids is 1. The van der Waals surface area contributed by atoms with E-state index in [0.29, 0.717) is 41.7 Å². The molecule has 0 aliphatic heterocycles. The van der Waals surface area contributed by atoms with Gasteiger partial charge in [-0.05, 0) is 55.2 Å². The predicted molar refractivity (Wildman–Crippen MR) is 150 cm³/mol. The summed E-state index contributed by atoms with van der Waals surface area (Å²) in [6.07, 6.45) is 4.27. The van der Waals surface area contributed by atoms with Crippen LogP contribution < -0.4 is 5.32 Å². The molecule has 1 fully saturated rings. The van der Waals surface area contributed by atoms with Crippen molar-refractivity contribution >= 4 is 34.2 Å². The first-order chi connectivity index (χ1) is 19.3. The first kappa shape index (κ1) is 29.9. The first-order valence-electron chi connectivity index (χ1n) is 13.6. The minimum Gasteiger partial charge on any atom is -0.760 e. The molecule has 1 aromatic carbocycles. The molecule has 2 aromatic heterocycles. The highest BCUT2D eigenvalue weighted by Gasteiger charge is 2.31.